The molecule has 2 aliphatic rings. The lowest BCUT2D eigenvalue weighted by Gasteiger charge is -2.22. The molecule has 2 nitrogen and oxygen atoms in total. The Balaban J connectivity index is 0.00000195. The van der Waals surface area contributed by atoms with Gasteiger partial charge in [0.05, 0.1) is 16.7 Å². The lowest BCUT2D eigenvalue weighted by Crippen LogP contribution is -2.15. The Hall–Kier alpha value is -6.51. The number of hydrogen-bond acceptors (Lipinski definition) is 1. The van der Waals surface area contributed by atoms with Crippen LogP contribution in [-0.2, 0) is 5.41 Å². The maximum Gasteiger partial charge on any atom is 0.111 e. The number of aromatic nitrogens is 1. The molecule has 0 radical (unpaired) electrons. The lowest BCUT2D eigenvalue weighted by molar-refractivity contribution is 0.661. The number of nitrogens with zero attached hydrogens (tertiary/aromatic N) is 2. The zero-order valence-corrected chi connectivity index (χ0v) is 33.6. The second-order valence-electron chi connectivity index (χ2n) is 16.0. The molecule has 1 heterocycles. The average Bonchev–Trinajstić information content (AvgIpc) is 3.69. The summed E-state index contributed by atoms with van der Waals surface area (Å²) in [6, 6.07) is 51.9. The number of benzene rings is 8. The van der Waals surface area contributed by atoms with E-state index in [0.717, 1.165) is 17.1 Å². The van der Waals surface area contributed by atoms with Crippen molar-refractivity contribution < 1.29 is 0 Å². The number of rotatable bonds is 2. The molecule has 2 aliphatic carbocycles. The fourth-order valence-electron chi connectivity index (χ4n) is 9.74. The van der Waals surface area contributed by atoms with Crippen LogP contribution >= 0.6 is 0 Å². The van der Waals surface area contributed by atoms with Crippen molar-refractivity contribution in [3.05, 3.63) is 186 Å². The third kappa shape index (κ3) is 5.27. The maximum absolute atomic E-state index is 5.71. The van der Waals surface area contributed by atoms with E-state index in [-0.39, 0.29) is 11.3 Å². The molecule has 0 saturated carbocycles. The van der Waals surface area contributed by atoms with E-state index < -0.39 is 0 Å². The second-order valence-corrected chi connectivity index (χ2v) is 16.0. The van der Waals surface area contributed by atoms with Gasteiger partial charge >= 0.3 is 0 Å². The summed E-state index contributed by atoms with van der Waals surface area (Å²) in [6.07, 6.45) is 8.81. The van der Waals surface area contributed by atoms with E-state index in [2.05, 4.69) is 196 Å². The highest BCUT2D eigenvalue weighted by Gasteiger charge is 2.36. The molecule has 0 saturated heterocycles. The molecule has 57 heavy (non-hydrogen) atoms. The second kappa shape index (κ2) is 13.3. The van der Waals surface area contributed by atoms with Crippen LogP contribution in [0.5, 0.6) is 0 Å². The molecule has 0 aliphatic heterocycles. The minimum Gasteiger partial charge on any atom is -0.297 e. The topological polar surface area (TPSA) is 17.3 Å². The van der Waals surface area contributed by atoms with Crippen molar-refractivity contribution >= 4 is 76.4 Å². The van der Waals surface area contributed by atoms with Crippen molar-refractivity contribution in [1.82, 2.24) is 4.57 Å². The van der Waals surface area contributed by atoms with Gasteiger partial charge in [-0.25, -0.2) is 4.99 Å². The summed E-state index contributed by atoms with van der Waals surface area (Å²) in [7, 11) is 0. The van der Waals surface area contributed by atoms with Crippen molar-refractivity contribution in [2.24, 2.45) is 10.9 Å². The largest absolute Gasteiger partial charge is 0.297 e. The highest BCUT2D eigenvalue weighted by molar-refractivity contribution is 6.29. The summed E-state index contributed by atoms with van der Waals surface area (Å²) in [5.41, 5.74) is 11.0. The molecule has 11 rings (SSSR count). The van der Waals surface area contributed by atoms with E-state index in [9.17, 15) is 0 Å². The van der Waals surface area contributed by atoms with Crippen LogP contribution in [0.4, 0.5) is 0 Å². The summed E-state index contributed by atoms with van der Waals surface area (Å²) < 4.78 is 2.45. The average molecular weight is 735 g/mol. The van der Waals surface area contributed by atoms with Gasteiger partial charge in [0.25, 0.3) is 0 Å². The van der Waals surface area contributed by atoms with Gasteiger partial charge in [0.1, 0.15) is 5.84 Å². The van der Waals surface area contributed by atoms with Gasteiger partial charge in [0, 0.05) is 27.7 Å². The first-order chi connectivity index (χ1) is 27.9. The number of aliphatic imine (C=N–C) groups is 1. The Morgan fingerprint density at radius 2 is 1.14 bits per heavy atom. The molecule has 0 bridgehead atoms. The normalized spacial score (nSPS) is 16.7. The molecule has 276 valence electrons. The van der Waals surface area contributed by atoms with Crippen LogP contribution in [0.15, 0.2) is 174 Å². The van der Waals surface area contributed by atoms with E-state index in [1.165, 1.54) is 92.7 Å². The first-order valence-corrected chi connectivity index (χ1v) is 20.5. The van der Waals surface area contributed by atoms with Crippen LogP contribution in [0.25, 0.3) is 81.7 Å². The van der Waals surface area contributed by atoms with Crippen LogP contribution in [0.3, 0.4) is 0 Å². The zero-order valence-electron chi connectivity index (χ0n) is 33.6. The van der Waals surface area contributed by atoms with Gasteiger partial charge in [-0.3, -0.25) is 4.57 Å². The summed E-state index contributed by atoms with van der Waals surface area (Å²) in [6.45, 7) is 13.2. The highest BCUT2D eigenvalue weighted by Crippen LogP contribution is 2.51. The van der Waals surface area contributed by atoms with Crippen molar-refractivity contribution in [2.45, 2.75) is 47.0 Å². The molecular formula is C55H46N2. The van der Waals surface area contributed by atoms with Gasteiger partial charge in [0.15, 0.2) is 0 Å². The molecule has 1 atom stereocenters. The minimum atomic E-state index is -0.129. The zero-order chi connectivity index (χ0) is 39.0. The van der Waals surface area contributed by atoms with Crippen LogP contribution in [0.2, 0.25) is 0 Å². The minimum absolute atomic E-state index is 0.129. The SMILES string of the molecule is CC.CC(=N/C(=C1/C=CC=CC1C)c1ccc2ccccc2c1)n1c2cc3c(cc2c2cc4c5ccccc5c5ccccc5c4cc21)-c1ccccc1C3(C)C. The van der Waals surface area contributed by atoms with E-state index in [1.54, 1.807) is 0 Å². The van der Waals surface area contributed by atoms with Gasteiger partial charge in [0.2, 0.25) is 0 Å². The number of allylic oxidation sites excluding steroid dienone is 5. The van der Waals surface area contributed by atoms with Crippen LogP contribution in [-0.4, -0.2) is 10.4 Å². The molecular weight excluding hydrogens is 689 g/mol. The molecule has 0 fully saturated rings. The molecule has 8 aromatic carbocycles. The van der Waals surface area contributed by atoms with Crippen molar-refractivity contribution in [2.75, 3.05) is 0 Å². The molecule has 2 heteroatoms. The Kier molecular flexibility index (Phi) is 8.16. The first kappa shape index (κ1) is 34.9. The molecule has 9 aromatic rings. The van der Waals surface area contributed by atoms with Gasteiger partial charge < -0.3 is 0 Å². The number of hydrogen-bond donors (Lipinski definition) is 0. The van der Waals surface area contributed by atoms with E-state index >= 15 is 0 Å². The Morgan fingerprint density at radius 3 is 1.86 bits per heavy atom. The lowest BCUT2D eigenvalue weighted by atomic mass is 9.82. The third-order valence-corrected chi connectivity index (χ3v) is 12.5. The third-order valence-electron chi connectivity index (χ3n) is 12.5. The van der Waals surface area contributed by atoms with E-state index in [1.807, 2.05) is 13.8 Å². The summed E-state index contributed by atoms with van der Waals surface area (Å²) in [5.74, 6) is 1.18. The highest BCUT2D eigenvalue weighted by atomic mass is 15.1. The number of fused-ring (bicyclic) bond motifs is 13. The summed E-state index contributed by atoms with van der Waals surface area (Å²) in [5, 5.41) is 12.6. The fraction of sp³-hybridized carbons (Fsp3) is 0.145. The molecule has 0 spiro atoms. The van der Waals surface area contributed by atoms with Gasteiger partial charge in [-0.2, -0.15) is 0 Å². The van der Waals surface area contributed by atoms with Crippen LogP contribution < -0.4 is 0 Å². The van der Waals surface area contributed by atoms with Gasteiger partial charge in [-0.1, -0.05) is 168 Å². The summed E-state index contributed by atoms with van der Waals surface area (Å²) in [4.78, 5) is 5.71. The van der Waals surface area contributed by atoms with Gasteiger partial charge in [-0.05, 0) is 108 Å². The molecule has 1 unspecified atom stereocenters. The fourth-order valence-corrected chi connectivity index (χ4v) is 9.74. The molecule has 1 aromatic heterocycles. The molecule has 0 amide bonds. The van der Waals surface area contributed by atoms with Crippen LogP contribution in [0.1, 0.15) is 58.2 Å². The van der Waals surface area contributed by atoms with Crippen LogP contribution in [0, 0.1) is 5.92 Å². The van der Waals surface area contributed by atoms with Crippen molar-refractivity contribution in [3.63, 3.8) is 0 Å². The predicted octanol–water partition coefficient (Wildman–Crippen LogP) is 15.2. The van der Waals surface area contributed by atoms with Crippen molar-refractivity contribution in [1.29, 1.82) is 0 Å². The van der Waals surface area contributed by atoms with E-state index in [4.69, 9.17) is 4.99 Å². The Bertz CT molecular complexity index is 3250. The smallest absolute Gasteiger partial charge is 0.111 e. The predicted molar refractivity (Wildman–Crippen MR) is 248 cm³/mol. The first-order valence-electron chi connectivity index (χ1n) is 20.5. The Labute approximate surface area is 334 Å². The Morgan fingerprint density at radius 1 is 0.544 bits per heavy atom. The molecule has 0 N–H and O–H groups in total. The van der Waals surface area contributed by atoms with Gasteiger partial charge in [-0.15, -0.1) is 0 Å². The van der Waals surface area contributed by atoms with E-state index in [0.29, 0.717) is 0 Å². The quantitative estimate of drug-likeness (QED) is 0.0956. The monoisotopic (exact) mass is 734 g/mol. The summed E-state index contributed by atoms with van der Waals surface area (Å²) >= 11 is 0. The standard InChI is InChI=1S/C53H40N2.C2H6/c1-32-15-5-8-18-37(32)52(36-26-25-34-16-6-7-17-35(34)27-36)54-33(2)55-50-30-44-41-22-12-10-20-39(41)38-19-9-11-21-40(38)43(44)28-46(50)47-29-45-42-23-13-14-24-48(42)53(3,4)49(45)31-51(47)55;1-2/h5-32H,1-4H3;1-2H3/b52-37-,54-33?;. The van der Waals surface area contributed by atoms with Crippen molar-refractivity contribution in [3.8, 4) is 11.1 Å². The maximum atomic E-state index is 5.71.